The maximum Gasteiger partial charge on any atom is 0.195 e. The lowest BCUT2D eigenvalue weighted by atomic mass is 10.1. The molecule has 0 spiro atoms. The van der Waals surface area contributed by atoms with Crippen LogP contribution in [-0.4, -0.2) is 5.78 Å². The molecule has 0 atom stereocenters. The molecule has 5 heteroatoms. The van der Waals surface area contributed by atoms with Crippen molar-refractivity contribution in [2.45, 2.75) is 13.0 Å². The highest BCUT2D eigenvalue weighted by Crippen LogP contribution is 2.22. The normalized spacial score (nSPS) is 11.1. The highest BCUT2D eigenvalue weighted by atomic mass is 35.5. The fourth-order valence-electron chi connectivity index (χ4n) is 2.89. The largest absolute Gasteiger partial charge is 0.486 e. The van der Waals surface area contributed by atoms with Crippen molar-refractivity contribution in [1.29, 1.82) is 0 Å². The topological polar surface area (TPSA) is 39.4 Å². The minimum atomic E-state index is -0.0327. The Morgan fingerprint density at radius 3 is 2.57 bits per heavy atom. The van der Waals surface area contributed by atoms with Crippen molar-refractivity contribution in [3.8, 4) is 5.75 Å². The Labute approximate surface area is 184 Å². The Balaban J connectivity index is 1.32. The molecule has 0 aliphatic rings. The van der Waals surface area contributed by atoms with Gasteiger partial charge in [-0.15, -0.1) is 11.3 Å². The van der Waals surface area contributed by atoms with Gasteiger partial charge in [0.2, 0.25) is 0 Å². The van der Waals surface area contributed by atoms with Crippen molar-refractivity contribution in [1.82, 2.24) is 0 Å². The molecule has 30 heavy (non-hydrogen) atoms. The van der Waals surface area contributed by atoms with E-state index in [4.69, 9.17) is 20.8 Å². The second-order valence-corrected chi connectivity index (χ2v) is 8.28. The minimum absolute atomic E-state index is 0.0327. The number of halogens is 1. The highest BCUT2D eigenvalue weighted by molar-refractivity contribution is 7.14. The summed E-state index contributed by atoms with van der Waals surface area (Å²) in [5.74, 6) is 1.97. The summed E-state index contributed by atoms with van der Waals surface area (Å²) >= 11 is 7.39. The third-order valence-electron chi connectivity index (χ3n) is 4.40. The van der Waals surface area contributed by atoms with E-state index in [-0.39, 0.29) is 5.78 Å². The van der Waals surface area contributed by atoms with Crippen LogP contribution in [0.25, 0.3) is 6.08 Å². The smallest absolute Gasteiger partial charge is 0.195 e. The maximum absolute atomic E-state index is 12.5. The van der Waals surface area contributed by atoms with Gasteiger partial charge in [0.15, 0.2) is 5.78 Å². The van der Waals surface area contributed by atoms with Crippen molar-refractivity contribution in [2.75, 3.05) is 0 Å². The number of rotatable bonds is 8. The summed E-state index contributed by atoms with van der Waals surface area (Å²) in [7, 11) is 0. The molecule has 0 unspecified atom stereocenters. The van der Waals surface area contributed by atoms with Crippen molar-refractivity contribution in [3.05, 3.63) is 117 Å². The van der Waals surface area contributed by atoms with Gasteiger partial charge in [0, 0.05) is 16.3 Å². The van der Waals surface area contributed by atoms with Crippen LogP contribution < -0.4 is 4.74 Å². The molecule has 150 valence electrons. The monoisotopic (exact) mass is 434 g/mol. The van der Waals surface area contributed by atoms with E-state index < -0.39 is 0 Å². The summed E-state index contributed by atoms with van der Waals surface area (Å²) in [6, 6.07) is 24.9. The van der Waals surface area contributed by atoms with Crippen LogP contribution in [0.3, 0.4) is 0 Å². The molecule has 0 saturated carbocycles. The predicted octanol–water partition coefficient (Wildman–Crippen LogP) is 7.06. The first-order valence-corrected chi connectivity index (χ1v) is 10.7. The number of hydrogen-bond acceptors (Lipinski definition) is 4. The molecule has 3 nitrogen and oxygen atoms in total. The van der Waals surface area contributed by atoms with E-state index in [1.807, 2.05) is 42.5 Å². The minimum Gasteiger partial charge on any atom is -0.486 e. The van der Waals surface area contributed by atoms with Gasteiger partial charge in [-0.05, 0) is 66.2 Å². The Morgan fingerprint density at radius 2 is 1.77 bits per heavy atom. The molecule has 0 N–H and O–H groups in total. The van der Waals surface area contributed by atoms with Gasteiger partial charge in [-0.2, -0.15) is 0 Å². The van der Waals surface area contributed by atoms with Gasteiger partial charge in [-0.3, -0.25) is 4.79 Å². The summed E-state index contributed by atoms with van der Waals surface area (Å²) in [4.78, 5) is 14.4. The van der Waals surface area contributed by atoms with E-state index in [1.54, 1.807) is 36.4 Å². The van der Waals surface area contributed by atoms with Crippen LogP contribution in [0.5, 0.6) is 5.75 Å². The van der Waals surface area contributed by atoms with Crippen LogP contribution in [0.2, 0.25) is 5.02 Å². The first-order valence-electron chi connectivity index (χ1n) is 9.48. The molecule has 0 amide bonds. The van der Waals surface area contributed by atoms with Gasteiger partial charge in [0.1, 0.15) is 23.9 Å². The summed E-state index contributed by atoms with van der Waals surface area (Å²) in [6.45, 7) is 0.303. The first-order chi connectivity index (χ1) is 14.7. The first kappa shape index (κ1) is 20.2. The molecule has 2 heterocycles. The van der Waals surface area contributed by atoms with Crippen LogP contribution in [-0.2, 0) is 13.0 Å². The lowest BCUT2D eigenvalue weighted by Crippen LogP contribution is -1.93. The fraction of sp³-hybridized carbons (Fsp3) is 0.0800. The fourth-order valence-corrected chi connectivity index (χ4v) is 3.98. The van der Waals surface area contributed by atoms with Crippen molar-refractivity contribution >= 4 is 34.8 Å². The summed E-state index contributed by atoms with van der Waals surface area (Å²) < 4.78 is 11.4. The molecule has 0 radical (unpaired) electrons. The lowest BCUT2D eigenvalue weighted by molar-refractivity contribution is 0.105. The van der Waals surface area contributed by atoms with Crippen LogP contribution in [0, 0.1) is 0 Å². The number of carbonyl (C=O) groups is 1. The van der Waals surface area contributed by atoms with Gasteiger partial charge < -0.3 is 9.15 Å². The number of furan rings is 1. The number of thiophene rings is 1. The van der Waals surface area contributed by atoms with E-state index in [1.165, 1.54) is 16.9 Å². The van der Waals surface area contributed by atoms with E-state index >= 15 is 0 Å². The number of allylic oxidation sites excluding steroid dienone is 1. The molecule has 0 fully saturated rings. The molecule has 2 aromatic carbocycles. The van der Waals surface area contributed by atoms with Gasteiger partial charge >= 0.3 is 0 Å². The predicted molar refractivity (Wildman–Crippen MR) is 121 cm³/mol. The van der Waals surface area contributed by atoms with Gasteiger partial charge in [-0.25, -0.2) is 0 Å². The quantitative estimate of drug-likeness (QED) is 0.220. The average molecular weight is 435 g/mol. The second-order valence-electron chi connectivity index (χ2n) is 6.67. The Bertz CT molecular complexity index is 1140. The van der Waals surface area contributed by atoms with Crippen molar-refractivity contribution < 1.29 is 13.9 Å². The molecular weight excluding hydrogens is 416 g/mol. The van der Waals surface area contributed by atoms with Crippen LogP contribution >= 0.6 is 22.9 Å². The van der Waals surface area contributed by atoms with Gasteiger partial charge in [0.25, 0.3) is 0 Å². The van der Waals surface area contributed by atoms with E-state index in [0.29, 0.717) is 28.9 Å². The van der Waals surface area contributed by atoms with E-state index in [9.17, 15) is 4.79 Å². The standard InChI is InChI=1S/C25H19ClO3S/c26-19-6-8-20(9-7-19)28-17-22-11-10-21(29-22)12-14-24(27)25-15-13-23(30-25)16-18-4-2-1-3-5-18/h1-15H,16-17H2/b14-12+. The third-order valence-corrected chi connectivity index (χ3v) is 5.75. The lowest BCUT2D eigenvalue weighted by Gasteiger charge is -2.03. The van der Waals surface area contributed by atoms with Gasteiger partial charge in [-0.1, -0.05) is 41.9 Å². The summed E-state index contributed by atoms with van der Waals surface area (Å²) in [5.41, 5.74) is 1.23. The zero-order valence-corrected chi connectivity index (χ0v) is 17.7. The number of ketones is 1. The molecule has 0 aliphatic carbocycles. The van der Waals surface area contributed by atoms with E-state index in [2.05, 4.69) is 12.1 Å². The SMILES string of the molecule is O=C(/C=C/c1ccc(COc2ccc(Cl)cc2)o1)c1ccc(Cc2ccccc2)s1. The zero-order valence-electron chi connectivity index (χ0n) is 16.1. The highest BCUT2D eigenvalue weighted by Gasteiger charge is 2.08. The third kappa shape index (κ3) is 5.50. The molecular formula is C25H19ClO3S. The van der Waals surface area contributed by atoms with E-state index in [0.717, 1.165) is 16.2 Å². The Hall–Kier alpha value is -3.08. The molecule has 0 bridgehead atoms. The van der Waals surface area contributed by atoms with Crippen LogP contribution in [0.1, 0.15) is 31.6 Å². The van der Waals surface area contributed by atoms with Crippen LogP contribution in [0.15, 0.2) is 89.4 Å². The average Bonchev–Trinajstić information content (AvgIpc) is 3.42. The zero-order chi connectivity index (χ0) is 20.8. The molecule has 4 rings (SSSR count). The van der Waals surface area contributed by atoms with Gasteiger partial charge in [0.05, 0.1) is 4.88 Å². The Morgan fingerprint density at radius 1 is 0.967 bits per heavy atom. The number of carbonyl (C=O) groups excluding carboxylic acids is 1. The number of benzene rings is 2. The number of ether oxygens (including phenoxy) is 1. The maximum atomic E-state index is 12.5. The molecule has 0 saturated heterocycles. The molecule has 0 aliphatic heterocycles. The Kier molecular flexibility index (Phi) is 6.47. The second kappa shape index (κ2) is 9.61. The van der Waals surface area contributed by atoms with Crippen molar-refractivity contribution in [2.24, 2.45) is 0 Å². The van der Waals surface area contributed by atoms with Crippen LogP contribution in [0.4, 0.5) is 0 Å². The number of hydrogen-bond donors (Lipinski definition) is 0. The van der Waals surface area contributed by atoms with Crippen molar-refractivity contribution in [3.63, 3.8) is 0 Å². The molecule has 2 aromatic heterocycles. The summed E-state index contributed by atoms with van der Waals surface area (Å²) in [5, 5.41) is 0.662. The summed E-state index contributed by atoms with van der Waals surface area (Å²) in [6.07, 6.45) is 4.06. The molecule has 4 aromatic rings.